The van der Waals surface area contributed by atoms with Crippen LogP contribution in [-0.2, 0) is 11.8 Å². The van der Waals surface area contributed by atoms with E-state index in [1.54, 1.807) is 0 Å². The Hall–Kier alpha value is -2.79. The molecule has 0 bridgehead atoms. The van der Waals surface area contributed by atoms with Crippen molar-refractivity contribution in [2.24, 2.45) is 12.0 Å². The minimum Gasteiger partial charge on any atom is -0.350 e. The second kappa shape index (κ2) is 6.26. The van der Waals surface area contributed by atoms with Crippen LogP contribution >= 0.6 is 11.8 Å². The van der Waals surface area contributed by atoms with Gasteiger partial charge >= 0.3 is 0 Å². The third-order valence-corrected chi connectivity index (χ3v) is 5.11. The summed E-state index contributed by atoms with van der Waals surface area (Å²) in [4.78, 5) is 17.5. The Balaban J connectivity index is 1.69. The number of amides is 1. The number of rotatable bonds is 2. The van der Waals surface area contributed by atoms with Crippen LogP contribution in [0, 0.1) is 6.92 Å². The number of carbonyl (C=O) groups excluding carboxylic acids is 1. The van der Waals surface area contributed by atoms with Crippen LogP contribution in [0.5, 0.6) is 0 Å². The summed E-state index contributed by atoms with van der Waals surface area (Å²) in [6.45, 7) is 2.01. The molecule has 4 rings (SSSR count). The fourth-order valence-electron chi connectivity index (χ4n) is 2.91. The molecule has 0 aliphatic carbocycles. The van der Waals surface area contributed by atoms with Crippen molar-refractivity contribution in [3.05, 3.63) is 70.8 Å². The van der Waals surface area contributed by atoms with E-state index < -0.39 is 0 Å². The van der Waals surface area contributed by atoms with Gasteiger partial charge in [-0.25, -0.2) is 4.99 Å². The van der Waals surface area contributed by atoms with E-state index >= 15 is 0 Å². The Morgan fingerprint density at radius 2 is 1.88 bits per heavy atom. The largest absolute Gasteiger partial charge is 0.350 e. The number of nitrogens with one attached hydrogen (secondary N) is 1. The Morgan fingerprint density at radius 1 is 1.12 bits per heavy atom. The molecule has 1 fully saturated rings. The molecular weight excluding hydrogens is 330 g/mol. The summed E-state index contributed by atoms with van der Waals surface area (Å²) < 4.78 is 2.07. The predicted molar refractivity (Wildman–Crippen MR) is 105 cm³/mol. The maximum atomic E-state index is 12.3. The van der Waals surface area contributed by atoms with Crippen molar-refractivity contribution >= 4 is 45.5 Å². The third-order valence-electron chi connectivity index (χ3n) is 4.20. The van der Waals surface area contributed by atoms with E-state index in [9.17, 15) is 4.79 Å². The number of aromatic nitrogens is 1. The summed E-state index contributed by atoms with van der Waals surface area (Å²) >= 11 is 1.38. The van der Waals surface area contributed by atoms with Gasteiger partial charge in [0.15, 0.2) is 5.17 Å². The standard InChI is InChI=1S/C20H17N3OS/c1-13-7-3-5-9-16(13)21-20-22-19(24)18(25-20)11-14-12-23(2)17-10-6-4-8-15(14)17/h3-12H,1-2H3,(H,21,22,24)/b18-11+. The molecule has 1 amide bonds. The predicted octanol–water partition coefficient (Wildman–Crippen LogP) is 4.38. The van der Waals surface area contributed by atoms with Crippen LogP contribution in [-0.4, -0.2) is 15.6 Å². The molecule has 0 spiro atoms. The number of hydrogen-bond donors (Lipinski definition) is 1. The van der Waals surface area contributed by atoms with Crippen LogP contribution in [0.2, 0.25) is 0 Å². The van der Waals surface area contributed by atoms with Crippen LogP contribution in [0.15, 0.2) is 64.6 Å². The summed E-state index contributed by atoms with van der Waals surface area (Å²) in [5.74, 6) is -0.106. The summed E-state index contributed by atoms with van der Waals surface area (Å²) in [5, 5.41) is 4.60. The van der Waals surface area contributed by atoms with Gasteiger partial charge in [-0.05, 0) is 42.5 Å². The van der Waals surface area contributed by atoms with Crippen LogP contribution in [0.1, 0.15) is 11.1 Å². The van der Waals surface area contributed by atoms with E-state index in [1.807, 2.05) is 62.6 Å². The van der Waals surface area contributed by atoms with Crippen molar-refractivity contribution in [3.8, 4) is 0 Å². The maximum absolute atomic E-state index is 12.3. The highest BCUT2D eigenvalue weighted by molar-refractivity contribution is 8.18. The Morgan fingerprint density at radius 3 is 2.72 bits per heavy atom. The highest BCUT2D eigenvalue weighted by Gasteiger charge is 2.24. The number of thioether (sulfide) groups is 1. The van der Waals surface area contributed by atoms with Gasteiger partial charge in [0.05, 0.1) is 10.6 Å². The minimum absolute atomic E-state index is 0.106. The molecule has 0 radical (unpaired) electrons. The van der Waals surface area contributed by atoms with Crippen molar-refractivity contribution in [3.63, 3.8) is 0 Å². The molecule has 0 saturated carbocycles. The number of aryl methyl sites for hydroxylation is 2. The minimum atomic E-state index is -0.106. The van der Waals surface area contributed by atoms with Gasteiger partial charge in [0, 0.05) is 29.7 Å². The molecule has 2 aromatic carbocycles. The average molecular weight is 347 g/mol. The number of fused-ring (bicyclic) bond motifs is 1. The third kappa shape index (κ3) is 2.98. The van der Waals surface area contributed by atoms with E-state index in [2.05, 4.69) is 27.0 Å². The molecule has 1 saturated heterocycles. The summed E-state index contributed by atoms with van der Waals surface area (Å²) in [7, 11) is 2.01. The van der Waals surface area contributed by atoms with Gasteiger partial charge in [0.25, 0.3) is 5.91 Å². The molecule has 0 atom stereocenters. The lowest BCUT2D eigenvalue weighted by Gasteiger charge is -1.99. The van der Waals surface area contributed by atoms with Crippen LogP contribution in [0.3, 0.4) is 0 Å². The zero-order valence-electron chi connectivity index (χ0n) is 14.0. The molecular formula is C20H17N3OS. The second-order valence-electron chi connectivity index (χ2n) is 5.98. The Labute approximate surface area is 150 Å². The van der Waals surface area contributed by atoms with Crippen molar-refractivity contribution in [2.75, 3.05) is 0 Å². The van der Waals surface area contributed by atoms with Crippen molar-refractivity contribution in [2.45, 2.75) is 6.92 Å². The highest BCUT2D eigenvalue weighted by Crippen LogP contribution is 2.31. The lowest BCUT2D eigenvalue weighted by molar-refractivity contribution is -0.115. The first-order valence-corrected chi connectivity index (χ1v) is 8.83. The van der Waals surface area contributed by atoms with Gasteiger partial charge in [-0.3, -0.25) is 4.79 Å². The van der Waals surface area contributed by atoms with Crippen molar-refractivity contribution in [1.29, 1.82) is 0 Å². The first-order chi connectivity index (χ1) is 12.1. The number of benzene rings is 2. The quantitative estimate of drug-likeness (QED) is 0.699. The number of amidine groups is 1. The van der Waals surface area contributed by atoms with Gasteiger partial charge in [0.1, 0.15) is 0 Å². The number of aliphatic imine (C=N–C) groups is 1. The molecule has 4 nitrogen and oxygen atoms in total. The zero-order valence-corrected chi connectivity index (χ0v) is 14.8. The van der Waals surface area contributed by atoms with Gasteiger partial charge in [-0.2, -0.15) is 0 Å². The number of para-hydroxylation sites is 2. The molecule has 2 heterocycles. The lowest BCUT2D eigenvalue weighted by Crippen LogP contribution is -2.19. The Kier molecular flexibility index (Phi) is 3.93. The van der Waals surface area contributed by atoms with E-state index in [0.717, 1.165) is 27.7 Å². The van der Waals surface area contributed by atoms with Gasteiger partial charge in [-0.1, -0.05) is 36.4 Å². The smallest absolute Gasteiger partial charge is 0.264 e. The van der Waals surface area contributed by atoms with E-state index in [4.69, 9.17) is 0 Å². The Bertz CT molecular complexity index is 1050. The monoisotopic (exact) mass is 347 g/mol. The van der Waals surface area contributed by atoms with Gasteiger partial charge in [0.2, 0.25) is 0 Å². The van der Waals surface area contributed by atoms with Crippen molar-refractivity contribution < 1.29 is 4.79 Å². The van der Waals surface area contributed by atoms with Crippen molar-refractivity contribution in [1.82, 2.24) is 9.88 Å². The topological polar surface area (TPSA) is 46.4 Å². The molecule has 1 aliphatic heterocycles. The fourth-order valence-corrected chi connectivity index (χ4v) is 3.73. The summed E-state index contributed by atoms with van der Waals surface area (Å²) in [6, 6.07) is 16.0. The molecule has 124 valence electrons. The number of nitrogens with zero attached hydrogens (tertiary/aromatic N) is 2. The van der Waals surface area contributed by atoms with Gasteiger partial charge < -0.3 is 9.88 Å². The average Bonchev–Trinajstić information content (AvgIpc) is 3.11. The van der Waals surface area contributed by atoms with Crippen LogP contribution in [0.25, 0.3) is 17.0 Å². The maximum Gasteiger partial charge on any atom is 0.264 e. The molecule has 1 aromatic heterocycles. The lowest BCUT2D eigenvalue weighted by atomic mass is 10.1. The zero-order chi connectivity index (χ0) is 17.4. The first-order valence-electron chi connectivity index (χ1n) is 8.01. The first kappa shape index (κ1) is 15.7. The number of carbonyl (C=O) groups is 1. The van der Waals surface area contributed by atoms with E-state index in [-0.39, 0.29) is 5.91 Å². The van der Waals surface area contributed by atoms with Gasteiger partial charge in [-0.15, -0.1) is 0 Å². The molecule has 25 heavy (non-hydrogen) atoms. The van der Waals surface area contributed by atoms with E-state index in [1.165, 1.54) is 11.8 Å². The second-order valence-corrected chi connectivity index (χ2v) is 7.01. The highest BCUT2D eigenvalue weighted by atomic mass is 32.2. The fraction of sp³-hybridized carbons (Fsp3) is 0.100. The number of hydrogen-bond acceptors (Lipinski definition) is 3. The molecule has 0 unspecified atom stereocenters. The SMILES string of the molecule is Cc1ccccc1N=C1NC(=O)/C(=C\c2cn(C)c3ccccc23)S1. The molecule has 1 N–H and O–H groups in total. The van der Waals surface area contributed by atoms with Crippen LogP contribution in [0.4, 0.5) is 5.69 Å². The molecule has 5 heteroatoms. The summed E-state index contributed by atoms with van der Waals surface area (Å²) in [5.41, 5.74) is 4.13. The summed E-state index contributed by atoms with van der Waals surface area (Å²) in [6.07, 6.45) is 3.98. The van der Waals surface area contributed by atoms with Crippen LogP contribution < -0.4 is 5.32 Å². The molecule has 1 aliphatic rings. The molecule has 3 aromatic rings. The normalized spacial score (nSPS) is 17.6. The van der Waals surface area contributed by atoms with E-state index in [0.29, 0.717) is 10.1 Å².